The molecule has 0 aromatic carbocycles. The molecule has 3 rings (SSSR count). The first-order chi connectivity index (χ1) is 13.2. The average molecular weight is 374 g/mol. The third-order valence-electron chi connectivity index (χ3n) is 4.82. The molecule has 1 N–H and O–H groups in total. The van der Waals surface area contributed by atoms with Crippen LogP contribution in [0.5, 0.6) is 0 Å². The van der Waals surface area contributed by atoms with Gasteiger partial charge in [0.05, 0.1) is 18.6 Å². The van der Waals surface area contributed by atoms with Gasteiger partial charge in [0, 0.05) is 32.1 Å². The number of pyridine rings is 1. The Morgan fingerprint density at radius 1 is 1.33 bits per heavy atom. The molecule has 0 unspecified atom stereocenters. The SMILES string of the molecule is CCOC(=O)c1cn(C2CCCCC2)c2nc(NCCOC)ncc2c1=O. The lowest BCUT2D eigenvalue weighted by Crippen LogP contribution is -2.24. The monoisotopic (exact) mass is 374 g/mol. The predicted octanol–water partition coefficient (Wildman–Crippen LogP) is 2.53. The smallest absolute Gasteiger partial charge is 0.343 e. The molecule has 8 nitrogen and oxygen atoms in total. The molecule has 1 fully saturated rings. The maximum Gasteiger partial charge on any atom is 0.343 e. The van der Waals surface area contributed by atoms with E-state index in [1.807, 2.05) is 4.57 Å². The maximum absolute atomic E-state index is 12.8. The molecule has 0 radical (unpaired) electrons. The summed E-state index contributed by atoms with van der Waals surface area (Å²) in [6.45, 7) is 3.04. The number of methoxy groups -OCH3 is 1. The Morgan fingerprint density at radius 2 is 2.11 bits per heavy atom. The van der Waals surface area contributed by atoms with E-state index in [1.165, 1.54) is 12.6 Å². The summed E-state index contributed by atoms with van der Waals surface area (Å²) in [6.07, 6.45) is 8.55. The number of anilines is 1. The number of carbonyl (C=O) groups excluding carboxylic acids is 1. The van der Waals surface area contributed by atoms with Crippen LogP contribution in [0.1, 0.15) is 55.4 Å². The van der Waals surface area contributed by atoms with Gasteiger partial charge in [-0.15, -0.1) is 0 Å². The van der Waals surface area contributed by atoms with Crippen LogP contribution in [0.15, 0.2) is 17.2 Å². The van der Waals surface area contributed by atoms with Crippen molar-refractivity contribution in [2.75, 3.05) is 32.2 Å². The van der Waals surface area contributed by atoms with E-state index in [-0.39, 0.29) is 23.6 Å². The summed E-state index contributed by atoms with van der Waals surface area (Å²) in [7, 11) is 1.63. The molecule has 1 aliphatic carbocycles. The molecule has 1 aliphatic rings. The third kappa shape index (κ3) is 4.27. The minimum atomic E-state index is -0.601. The van der Waals surface area contributed by atoms with Crippen molar-refractivity contribution in [2.24, 2.45) is 0 Å². The summed E-state index contributed by atoms with van der Waals surface area (Å²) in [6, 6.07) is 0.205. The van der Waals surface area contributed by atoms with Crippen molar-refractivity contribution in [1.82, 2.24) is 14.5 Å². The van der Waals surface area contributed by atoms with Crippen LogP contribution in [-0.2, 0) is 9.47 Å². The van der Waals surface area contributed by atoms with Crippen molar-refractivity contribution < 1.29 is 14.3 Å². The highest BCUT2D eigenvalue weighted by Crippen LogP contribution is 2.30. The number of fused-ring (bicyclic) bond motifs is 1. The molecular weight excluding hydrogens is 348 g/mol. The zero-order chi connectivity index (χ0) is 19.2. The molecule has 27 heavy (non-hydrogen) atoms. The molecule has 2 aromatic rings. The molecule has 0 spiro atoms. The second-order valence-electron chi connectivity index (χ2n) is 6.64. The number of rotatable bonds is 7. The van der Waals surface area contributed by atoms with Crippen LogP contribution >= 0.6 is 0 Å². The van der Waals surface area contributed by atoms with E-state index in [1.54, 1.807) is 20.2 Å². The highest BCUT2D eigenvalue weighted by atomic mass is 16.5. The predicted molar refractivity (Wildman–Crippen MR) is 102 cm³/mol. The molecule has 0 bridgehead atoms. The molecule has 0 atom stereocenters. The number of nitrogens with zero attached hydrogens (tertiary/aromatic N) is 3. The van der Waals surface area contributed by atoms with Gasteiger partial charge in [-0.3, -0.25) is 4.79 Å². The fourth-order valence-corrected chi connectivity index (χ4v) is 3.48. The van der Waals surface area contributed by atoms with Gasteiger partial charge in [0.1, 0.15) is 11.2 Å². The first-order valence-corrected chi connectivity index (χ1v) is 9.47. The van der Waals surface area contributed by atoms with Crippen LogP contribution in [0.4, 0.5) is 5.95 Å². The van der Waals surface area contributed by atoms with E-state index in [0.29, 0.717) is 30.1 Å². The van der Waals surface area contributed by atoms with Crippen molar-refractivity contribution in [3.8, 4) is 0 Å². The molecule has 0 saturated heterocycles. The summed E-state index contributed by atoms with van der Waals surface area (Å²) >= 11 is 0. The normalized spacial score (nSPS) is 15.0. The van der Waals surface area contributed by atoms with E-state index in [0.717, 1.165) is 25.7 Å². The quantitative estimate of drug-likeness (QED) is 0.588. The maximum atomic E-state index is 12.8. The molecule has 1 saturated carbocycles. The lowest BCUT2D eigenvalue weighted by atomic mass is 9.95. The van der Waals surface area contributed by atoms with Crippen molar-refractivity contribution in [3.05, 3.63) is 28.2 Å². The van der Waals surface area contributed by atoms with E-state index in [4.69, 9.17) is 9.47 Å². The lowest BCUT2D eigenvalue weighted by molar-refractivity contribution is 0.0524. The highest BCUT2D eigenvalue weighted by Gasteiger charge is 2.23. The van der Waals surface area contributed by atoms with Crippen LogP contribution in [0, 0.1) is 0 Å². The van der Waals surface area contributed by atoms with Crippen LogP contribution in [-0.4, -0.2) is 47.4 Å². The van der Waals surface area contributed by atoms with Crippen LogP contribution in [0.25, 0.3) is 11.0 Å². The highest BCUT2D eigenvalue weighted by molar-refractivity contribution is 5.93. The fraction of sp³-hybridized carbons (Fsp3) is 0.579. The number of nitrogens with one attached hydrogen (secondary N) is 1. The molecule has 0 amide bonds. The minimum Gasteiger partial charge on any atom is -0.462 e. The standard InChI is InChI=1S/C19H26N4O4/c1-3-27-18(25)15-12-23(13-7-5-4-6-8-13)17-14(16(15)24)11-21-19(22-17)20-9-10-26-2/h11-13H,3-10H2,1-2H3,(H,20,21,22). The van der Waals surface area contributed by atoms with Crippen LogP contribution in [0.2, 0.25) is 0 Å². The van der Waals surface area contributed by atoms with Crippen molar-refractivity contribution in [3.63, 3.8) is 0 Å². The number of hydrogen-bond donors (Lipinski definition) is 1. The van der Waals surface area contributed by atoms with Crippen molar-refractivity contribution in [2.45, 2.75) is 45.1 Å². The van der Waals surface area contributed by atoms with Gasteiger partial charge in [-0.2, -0.15) is 4.98 Å². The number of hydrogen-bond acceptors (Lipinski definition) is 7. The van der Waals surface area contributed by atoms with Gasteiger partial charge in [-0.05, 0) is 19.8 Å². The zero-order valence-corrected chi connectivity index (χ0v) is 15.9. The molecule has 2 heterocycles. The third-order valence-corrected chi connectivity index (χ3v) is 4.82. The molecule has 8 heteroatoms. The molecule has 146 valence electrons. The summed E-state index contributed by atoms with van der Waals surface area (Å²) in [4.78, 5) is 33.9. The zero-order valence-electron chi connectivity index (χ0n) is 15.9. The Hall–Kier alpha value is -2.48. The summed E-state index contributed by atoms with van der Waals surface area (Å²) in [5.41, 5.74) is 0.201. The number of carbonyl (C=O) groups is 1. The van der Waals surface area contributed by atoms with Gasteiger partial charge >= 0.3 is 5.97 Å². The van der Waals surface area contributed by atoms with Gasteiger partial charge in [-0.1, -0.05) is 19.3 Å². The Labute approximate surface area is 157 Å². The van der Waals surface area contributed by atoms with Crippen molar-refractivity contribution in [1.29, 1.82) is 0 Å². The average Bonchev–Trinajstić information content (AvgIpc) is 2.69. The first kappa shape index (κ1) is 19.3. The van der Waals surface area contributed by atoms with E-state index >= 15 is 0 Å². The van der Waals surface area contributed by atoms with Crippen LogP contribution in [0.3, 0.4) is 0 Å². The molecule has 0 aliphatic heterocycles. The van der Waals surface area contributed by atoms with Gasteiger partial charge in [0.25, 0.3) is 0 Å². The second kappa shape index (κ2) is 8.94. The van der Waals surface area contributed by atoms with Gasteiger partial charge in [0.2, 0.25) is 11.4 Å². The van der Waals surface area contributed by atoms with E-state index in [2.05, 4.69) is 15.3 Å². The van der Waals surface area contributed by atoms with Gasteiger partial charge in [-0.25, -0.2) is 9.78 Å². The largest absolute Gasteiger partial charge is 0.462 e. The minimum absolute atomic E-state index is 0.0404. The van der Waals surface area contributed by atoms with Crippen molar-refractivity contribution >= 4 is 23.0 Å². The molecular formula is C19H26N4O4. The Balaban J connectivity index is 2.10. The summed E-state index contributed by atoms with van der Waals surface area (Å²) in [5, 5.41) is 3.43. The number of esters is 1. The topological polar surface area (TPSA) is 95.3 Å². The Kier molecular flexibility index (Phi) is 6.39. The first-order valence-electron chi connectivity index (χ1n) is 9.47. The van der Waals surface area contributed by atoms with Gasteiger partial charge in [0.15, 0.2) is 0 Å². The fourth-order valence-electron chi connectivity index (χ4n) is 3.48. The van der Waals surface area contributed by atoms with Gasteiger partial charge < -0.3 is 19.4 Å². The molecule has 2 aromatic heterocycles. The Bertz CT molecular complexity index is 859. The second-order valence-corrected chi connectivity index (χ2v) is 6.64. The van der Waals surface area contributed by atoms with E-state index in [9.17, 15) is 9.59 Å². The van der Waals surface area contributed by atoms with Crippen LogP contribution < -0.4 is 10.7 Å². The summed E-state index contributed by atoms with van der Waals surface area (Å²) in [5.74, 6) is -0.163. The summed E-state index contributed by atoms with van der Waals surface area (Å²) < 4.78 is 12.1. The number of ether oxygens (including phenoxy) is 2. The lowest BCUT2D eigenvalue weighted by Gasteiger charge is -2.26. The van der Waals surface area contributed by atoms with E-state index < -0.39 is 5.97 Å². The Morgan fingerprint density at radius 3 is 2.81 bits per heavy atom. The number of aromatic nitrogens is 3.